The van der Waals surface area contributed by atoms with Gasteiger partial charge in [0.2, 0.25) is 0 Å². The second kappa shape index (κ2) is 9.40. The van der Waals surface area contributed by atoms with E-state index in [4.69, 9.17) is 21.1 Å². The van der Waals surface area contributed by atoms with Crippen LogP contribution in [0.5, 0.6) is 11.5 Å². The minimum Gasteiger partial charge on any atom is -0.493 e. The summed E-state index contributed by atoms with van der Waals surface area (Å²) in [6.07, 6.45) is 1.38. The summed E-state index contributed by atoms with van der Waals surface area (Å²) < 4.78 is 34.5. The number of rotatable bonds is 8. The van der Waals surface area contributed by atoms with Gasteiger partial charge in [0.05, 0.1) is 13.7 Å². The summed E-state index contributed by atoms with van der Waals surface area (Å²) in [6.45, 7) is 2.27. The summed E-state index contributed by atoms with van der Waals surface area (Å²) >= 11 is 5.77. The minimum absolute atomic E-state index is 0.208. The highest BCUT2D eigenvalue weighted by Gasteiger charge is 2.13. The van der Waals surface area contributed by atoms with Crippen LogP contribution in [0.2, 0.25) is 5.02 Å². The molecule has 0 aliphatic heterocycles. The summed E-state index contributed by atoms with van der Waals surface area (Å²) in [7, 11) is -2.43. The minimum atomic E-state index is -3.88. The van der Waals surface area contributed by atoms with Crippen LogP contribution in [-0.2, 0) is 10.0 Å². The summed E-state index contributed by atoms with van der Waals surface area (Å²) in [6, 6.07) is 11.1. The molecule has 0 fully saturated rings. The van der Waals surface area contributed by atoms with Gasteiger partial charge in [-0.05, 0) is 48.9 Å². The zero-order chi connectivity index (χ0) is 19.9. The Hall–Kier alpha value is -2.55. The Bertz CT molecular complexity index is 927. The Morgan fingerprint density at radius 2 is 1.85 bits per heavy atom. The third-order valence-electron chi connectivity index (χ3n) is 3.34. The van der Waals surface area contributed by atoms with Gasteiger partial charge >= 0.3 is 0 Å². The van der Waals surface area contributed by atoms with E-state index in [2.05, 4.69) is 5.43 Å². The quantitative estimate of drug-likeness (QED) is 0.652. The molecule has 7 nitrogen and oxygen atoms in total. The summed E-state index contributed by atoms with van der Waals surface area (Å²) in [4.78, 5) is 14.2. The van der Waals surface area contributed by atoms with E-state index in [-0.39, 0.29) is 5.56 Å². The number of ether oxygens (including phenoxy) is 2. The van der Waals surface area contributed by atoms with Crippen LogP contribution in [0, 0.1) is 0 Å². The van der Waals surface area contributed by atoms with Crippen LogP contribution >= 0.6 is 11.6 Å². The van der Waals surface area contributed by atoms with Gasteiger partial charge in [-0.3, -0.25) is 10.2 Å². The first kappa shape index (κ1) is 20.8. The van der Waals surface area contributed by atoms with E-state index in [9.17, 15) is 13.2 Å². The highest BCUT2D eigenvalue weighted by molar-refractivity contribution is 7.92. The number of halogens is 1. The Balaban J connectivity index is 2.02. The molecule has 0 saturated carbocycles. The van der Waals surface area contributed by atoms with Crippen molar-refractivity contribution in [3.8, 4) is 11.5 Å². The lowest BCUT2D eigenvalue weighted by Gasteiger charge is -2.11. The van der Waals surface area contributed by atoms with Crippen molar-refractivity contribution >= 4 is 33.6 Å². The molecular weight excluding hydrogens is 392 g/mol. The van der Waals surface area contributed by atoms with Gasteiger partial charge in [0.1, 0.15) is 0 Å². The molecule has 1 amide bonds. The fourth-order valence-corrected chi connectivity index (χ4v) is 2.81. The van der Waals surface area contributed by atoms with Gasteiger partial charge in [-0.15, -0.1) is 4.83 Å². The molecule has 0 heterocycles. The third-order valence-corrected chi connectivity index (χ3v) is 4.48. The second-order valence-electron chi connectivity index (χ2n) is 5.25. The van der Waals surface area contributed by atoms with E-state index in [1.807, 2.05) is 11.8 Å². The summed E-state index contributed by atoms with van der Waals surface area (Å²) in [5.74, 6) is 0.220. The monoisotopic (exact) mass is 410 g/mol. The number of hydrogen-bond donors (Lipinski definition) is 2. The van der Waals surface area contributed by atoms with Gasteiger partial charge in [0.25, 0.3) is 15.9 Å². The van der Waals surface area contributed by atoms with E-state index in [1.54, 1.807) is 30.3 Å². The molecule has 9 heteroatoms. The van der Waals surface area contributed by atoms with Crippen molar-refractivity contribution in [2.45, 2.75) is 6.92 Å². The Morgan fingerprint density at radius 3 is 2.48 bits per heavy atom. The fraction of sp³-hybridized carbons (Fsp3) is 0.167. The molecule has 2 aromatic rings. The maximum atomic E-state index is 12.2. The number of carbonyl (C=O) groups is 1. The lowest BCUT2D eigenvalue weighted by molar-refractivity contribution is 0.0945. The third kappa shape index (κ3) is 6.28. The molecule has 0 saturated heterocycles. The van der Waals surface area contributed by atoms with Crippen molar-refractivity contribution in [2.75, 3.05) is 13.7 Å². The van der Waals surface area contributed by atoms with Gasteiger partial charge in [-0.2, -0.15) is 0 Å². The molecule has 0 aliphatic carbocycles. The van der Waals surface area contributed by atoms with Crippen molar-refractivity contribution in [2.24, 2.45) is 0 Å². The number of carbonyl (C=O) groups excluding carboxylic acids is 1. The average Bonchev–Trinajstić information content (AvgIpc) is 2.66. The van der Waals surface area contributed by atoms with Crippen LogP contribution in [0.25, 0.3) is 6.08 Å². The zero-order valence-corrected chi connectivity index (χ0v) is 16.3. The predicted octanol–water partition coefficient (Wildman–Crippen LogP) is 2.98. The normalized spacial score (nSPS) is 11.4. The first-order valence-electron chi connectivity index (χ1n) is 7.91. The highest BCUT2D eigenvalue weighted by atomic mass is 35.5. The average molecular weight is 411 g/mol. The largest absolute Gasteiger partial charge is 0.493 e. The Labute approximate surface area is 163 Å². The topological polar surface area (TPSA) is 93.7 Å². The van der Waals surface area contributed by atoms with Gasteiger partial charge in [0.15, 0.2) is 11.5 Å². The first-order valence-corrected chi connectivity index (χ1v) is 9.83. The van der Waals surface area contributed by atoms with Crippen molar-refractivity contribution < 1.29 is 22.7 Å². The molecule has 0 radical (unpaired) electrons. The molecule has 144 valence electrons. The number of benzene rings is 2. The van der Waals surface area contributed by atoms with E-state index >= 15 is 0 Å². The van der Waals surface area contributed by atoms with E-state index in [0.717, 1.165) is 5.41 Å². The molecule has 27 heavy (non-hydrogen) atoms. The number of hydrogen-bond acceptors (Lipinski definition) is 5. The number of nitrogens with one attached hydrogen (secondary N) is 2. The Kier molecular flexibility index (Phi) is 7.23. The Morgan fingerprint density at radius 1 is 1.15 bits per heavy atom. The van der Waals surface area contributed by atoms with Crippen LogP contribution < -0.4 is 19.7 Å². The molecule has 0 aromatic heterocycles. The van der Waals surface area contributed by atoms with Gasteiger partial charge < -0.3 is 9.47 Å². The molecule has 2 N–H and O–H groups in total. The van der Waals surface area contributed by atoms with Gasteiger partial charge in [0, 0.05) is 16.0 Å². The van der Waals surface area contributed by atoms with E-state index < -0.39 is 15.9 Å². The van der Waals surface area contributed by atoms with Crippen molar-refractivity contribution in [3.63, 3.8) is 0 Å². The molecule has 0 unspecified atom stereocenters. The lowest BCUT2D eigenvalue weighted by Crippen LogP contribution is -2.40. The summed E-state index contributed by atoms with van der Waals surface area (Å²) in [5.41, 5.74) is 3.00. The number of sulfonamides is 1. The molecule has 0 spiro atoms. The van der Waals surface area contributed by atoms with E-state index in [1.165, 1.54) is 25.3 Å². The fourth-order valence-electron chi connectivity index (χ4n) is 2.05. The molecule has 2 rings (SSSR count). The zero-order valence-electron chi connectivity index (χ0n) is 14.7. The number of methoxy groups -OCH3 is 1. The van der Waals surface area contributed by atoms with Crippen LogP contribution in [0.3, 0.4) is 0 Å². The van der Waals surface area contributed by atoms with Gasteiger partial charge in [-0.25, -0.2) is 8.42 Å². The summed E-state index contributed by atoms with van der Waals surface area (Å²) in [5, 5.41) is 1.49. The molecule has 2 aromatic carbocycles. The lowest BCUT2D eigenvalue weighted by atomic mass is 10.2. The molecule has 0 atom stereocenters. The van der Waals surface area contributed by atoms with Crippen LogP contribution in [0.4, 0.5) is 0 Å². The standard InChI is InChI=1S/C18H19ClN2O5S/c1-3-26-16-9-6-14(12-17(16)25-2)18(22)20-21-27(23,24)11-10-13-4-7-15(19)8-5-13/h4-12,21H,3H2,1-2H3,(H,20,22)/b11-10+. The number of amides is 1. The van der Waals surface area contributed by atoms with Crippen molar-refractivity contribution in [1.29, 1.82) is 0 Å². The van der Waals surface area contributed by atoms with Crippen LogP contribution in [-0.4, -0.2) is 28.0 Å². The molecule has 0 aliphatic rings. The molecule has 0 bridgehead atoms. The van der Waals surface area contributed by atoms with Crippen LogP contribution in [0.15, 0.2) is 47.9 Å². The van der Waals surface area contributed by atoms with E-state index in [0.29, 0.717) is 28.7 Å². The smallest absolute Gasteiger partial charge is 0.266 e. The first-order chi connectivity index (χ1) is 12.8. The highest BCUT2D eigenvalue weighted by Crippen LogP contribution is 2.27. The maximum absolute atomic E-state index is 12.2. The van der Waals surface area contributed by atoms with Crippen molar-refractivity contribution in [3.05, 3.63) is 64.0 Å². The maximum Gasteiger partial charge on any atom is 0.266 e. The van der Waals surface area contributed by atoms with Crippen molar-refractivity contribution in [1.82, 2.24) is 10.3 Å². The van der Waals surface area contributed by atoms with Crippen LogP contribution in [0.1, 0.15) is 22.8 Å². The number of hydrazine groups is 1. The SMILES string of the molecule is CCOc1ccc(C(=O)NNS(=O)(=O)/C=C/c2ccc(Cl)cc2)cc1OC. The molecular formula is C18H19ClN2O5S. The second-order valence-corrected chi connectivity index (χ2v) is 7.26. The van der Waals surface area contributed by atoms with Gasteiger partial charge in [-0.1, -0.05) is 23.7 Å². The predicted molar refractivity (Wildman–Crippen MR) is 104 cm³/mol.